The molecule has 1 aliphatic heterocycles. The minimum Gasteiger partial charge on any atom is -0.385 e. The van der Waals surface area contributed by atoms with Gasteiger partial charge in [0.25, 0.3) is 5.91 Å². The molecule has 0 radical (unpaired) electrons. The van der Waals surface area contributed by atoms with Crippen molar-refractivity contribution in [2.45, 2.75) is 11.5 Å². The molecule has 0 aromatic carbocycles. The molecule has 2 atom stereocenters. The zero-order valence-corrected chi connectivity index (χ0v) is 8.11. The van der Waals surface area contributed by atoms with Gasteiger partial charge in [0.05, 0.1) is 0 Å². The zero-order valence-electron chi connectivity index (χ0n) is 7.30. The molecule has 72 valence electrons. The molecule has 0 aromatic rings. The normalized spacial score (nSPS) is 28.6. The van der Waals surface area contributed by atoms with Crippen LogP contribution in [-0.2, 0) is 4.79 Å². The Morgan fingerprint density at radius 3 is 2.77 bits per heavy atom. The van der Waals surface area contributed by atoms with Crippen molar-refractivity contribution in [1.82, 2.24) is 4.90 Å². The number of likely N-dealkylation sites (N-methyl/N-ethyl adjacent to an activating group) is 1. The van der Waals surface area contributed by atoms with E-state index in [1.54, 1.807) is 13.3 Å². The number of aliphatic imine (C=N–C) groups is 1. The lowest BCUT2D eigenvalue weighted by Gasteiger charge is -2.29. The van der Waals surface area contributed by atoms with Crippen molar-refractivity contribution in [3.05, 3.63) is 4.91 Å². The van der Waals surface area contributed by atoms with Crippen LogP contribution in [0, 0.1) is 4.91 Å². The van der Waals surface area contributed by atoms with Gasteiger partial charge in [-0.05, 0) is 11.4 Å². The van der Waals surface area contributed by atoms with Gasteiger partial charge in [0.2, 0.25) is 6.04 Å². The van der Waals surface area contributed by atoms with Gasteiger partial charge in [-0.3, -0.25) is 4.79 Å². The molecule has 0 bridgehead atoms. The quantitative estimate of drug-likeness (QED) is 0.617. The number of hydrogen-bond donors (Lipinski definition) is 1. The Labute approximate surface area is 79.5 Å². The van der Waals surface area contributed by atoms with E-state index in [1.807, 2.05) is 0 Å². The SMILES string of the molecule is CSC1N=C(N)C(N=O)C(=O)N1C. The van der Waals surface area contributed by atoms with Crippen molar-refractivity contribution in [2.75, 3.05) is 13.3 Å². The summed E-state index contributed by atoms with van der Waals surface area (Å²) in [5, 5.41) is 2.62. The first-order valence-corrected chi connectivity index (χ1v) is 4.85. The second kappa shape index (κ2) is 3.73. The first-order valence-electron chi connectivity index (χ1n) is 3.57. The second-order valence-corrected chi connectivity index (χ2v) is 3.47. The number of carbonyl (C=O) groups excluding carboxylic acids is 1. The van der Waals surface area contributed by atoms with Gasteiger partial charge in [0.15, 0.2) is 5.50 Å². The Bertz CT molecular complexity index is 267. The van der Waals surface area contributed by atoms with E-state index in [4.69, 9.17) is 5.73 Å². The maximum absolute atomic E-state index is 11.4. The smallest absolute Gasteiger partial charge is 0.260 e. The number of hydrogen-bond acceptors (Lipinski definition) is 6. The maximum atomic E-state index is 11.4. The molecule has 0 fully saturated rings. The van der Waals surface area contributed by atoms with Gasteiger partial charge in [-0.15, -0.1) is 16.7 Å². The summed E-state index contributed by atoms with van der Waals surface area (Å²) < 4.78 is 0. The highest BCUT2D eigenvalue weighted by Crippen LogP contribution is 2.18. The Morgan fingerprint density at radius 2 is 2.31 bits per heavy atom. The number of thioether (sulfide) groups is 1. The van der Waals surface area contributed by atoms with E-state index in [2.05, 4.69) is 10.2 Å². The van der Waals surface area contributed by atoms with Crippen molar-refractivity contribution in [3.63, 3.8) is 0 Å². The summed E-state index contributed by atoms with van der Waals surface area (Å²) in [6, 6.07) is -1.15. The van der Waals surface area contributed by atoms with Gasteiger partial charge in [-0.25, -0.2) is 4.99 Å². The molecule has 0 aromatic heterocycles. The average Bonchev–Trinajstić information content (AvgIpc) is 2.12. The molecule has 1 rings (SSSR count). The molecule has 0 saturated heterocycles. The van der Waals surface area contributed by atoms with E-state index in [0.29, 0.717) is 0 Å². The summed E-state index contributed by atoms with van der Waals surface area (Å²) >= 11 is 1.37. The first-order chi connectivity index (χ1) is 6.11. The highest BCUT2D eigenvalue weighted by atomic mass is 32.2. The van der Waals surface area contributed by atoms with E-state index in [-0.39, 0.29) is 11.3 Å². The third kappa shape index (κ3) is 1.64. The van der Waals surface area contributed by atoms with E-state index in [0.717, 1.165) is 0 Å². The molecule has 2 unspecified atom stereocenters. The van der Waals surface area contributed by atoms with E-state index in [1.165, 1.54) is 16.7 Å². The van der Waals surface area contributed by atoms with Crippen LogP contribution in [0.15, 0.2) is 10.2 Å². The van der Waals surface area contributed by atoms with Crippen LogP contribution in [0.4, 0.5) is 0 Å². The molecule has 1 amide bonds. The molecule has 6 nitrogen and oxygen atoms in total. The minimum atomic E-state index is -1.15. The molecular formula is C6H10N4O2S. The number of nitroso groups, excluding NO2 is 1. The summed E-state index contributed by atoms with van der Waals surface area (Å²) in [6.07, 6.45) is 1.81. The average molecular weight is 202 g/mol. The van der Waals surface area contributed by atoms with Crippen molar-refractivity contribution in [1.29, 1.82) is 0 Å². The van der Waals surface area contributed by atoms with E-state index < -0.39 is 11.9 Å². The second-order valence-electron chi connectivity index (χ2n) is 2.57. The summed E-state index contributed by atoms with van der Waals surface area (Å²) in [5.41, 5.74) is 5.06. The Balaban J connectivity index is 2.98. The molecule has 13 heavy (non-hydrogen) atoms. The van der Waals surface area contributed by atoms with Crippen LogP contribution in [0.1, 0.15) is 0 Å². The number of nitrogens with zero attached hydrogens (tertiary/aromatic N) is 3. The van der Waals surface area contributed by atoms with Crippen LogP contribution in [0.25, 0.3) is 0 Å². The third-order valence-electron chi connectivity index (χ3n) is 1.77. The fraction of sp³-hybridized carbons (Fsp3) is 0.667. The molecule has 1 aliphatic rings. The lowest BCUT2D eigenvalue weighted by Crippen LogP contribution is -2.51. The minimum absolute atomic E-state index is 0.00236. The van der Waals surface area contributed by atoms with Crippen LogP contribution in [0.2, 0.25) is 0 Å². The number of nitrogens with two attached hydrogens (primary N) is 1. The summed E-state index contributed by atoms with van der Waals surface area (Å²) in [5.74, 6) is -0.403. The molecule has 0 spiro atoms. The maximum Gasteiger partial charge on any atom is 0.260 e. The van der Waals surface area contributed by atoms with Gasteiger partial charge in [-0.2, -0.15) is 0 Å². The van der Waals surface area contributed by atoms with Crippen LogP contribution < -0.4 is 5.73 Å². The summed E-state index contributed by atoms with van der Waals surface area (Å²) in [7, 11) is 1.57. The van der Waals surface area contributed by atoms with Crippen LogP contribution in [0.3, 0.4) is 0 Å². The zero-order chi connectivity index (χ0) is 10.0. The van der Waals surface area contributed by atoms with Crippen LogP contribution >= 0.6 is 11.8 Å². The van der Waals surface area contributed by atoms with Crippen LogP contribution in [0.5, 0.6) is 0 Å². The molecule has 7 heteroatoms. The molecule has 2 N–H and O–H groups in total. The highest BCUT2D eigenvalue weighted by molar-refractivity contribution is 7.99. The van der Waals surface area contributed by atoms with Gasteiger partial charge in [0, 0.05) is 7.05 Å². The van der Waals surface area contributed by atoms with Gasteiger partial charge < -0.3 is 10.6 Å². The van der Waals surface area contributed by atoms with Crippen molar-refractivity contribution < 1.29 is 4.79 Å². The fourth-order valence-corrected chi connectivity index (χ4v) is 1.67. The first kappa shape index (κ1) is 9.97. The Morgan fingerprint density at radius 1 is 1.69 bits per heavy atom. The summed E-state index contributed by atoms with van der Waals surface area (Å²) in [6.45, 7) is 0. The third-order valence-corrected chi connectivity index (χ3v) is 2.61. The van der Waals surface area contributed by atoms with Crippen molar-refractivity contribution >= 4 is 23.5 Å². The van der Waals surface area contributed by atoms with Crippen molar-refractivity contribution in [3.8, 4) is 0 Å². The molecular weight excluding hydrogens is 192 g/mol. The molecule has 0 aliphatic carbocycles. The monoisotopic (exact) mass is 202 g/mol. The van der Waals surface area contributed by atoms with Gasteiger partial charge in [0.1, 0.15) is 5.84 Å². The molecule has 1 heterocycles. The lowest BCUT2D eigenvalue weighted by atomic mass is 10.2. The topological polar surface area (TPSA) is 88.1 Å². The van der Waals surface area contributed by atoms with E-state index >= 15 is 0 Å². The number of amidine groups is 1. The van der Waals surface area contributed by atoms with E-state index in [9.17, 15) is 9.70 Å². The summed E-state index contributed by atoms with van der Waals surface area (Å²) in [4.78, 5) is 27.0. The molecule has 0 saturated carbocycles. The largest absolute Gasteiger partial charge is 0.385 e. The number of amides is 1. The van der Waals surface area contributed by atoms with Crippen LogP contribution in [-0.4, -0.2) is 41.5 Å². The standard InChI is InChI=1S/C6H10N4O2S/c1-10-5(11)3(9-12)4(7)8-6(10)13-2/h3,6H,1-2H3,(H2,7,8). The van der Waals surface area contributed by atoms with Crippen molar-refractivity contribution in [2.24, 2.45) is 15.9 Å². The number of carbonyl (C=O) groups is 1. The fourth-order valence-electron chi connectivity index (χ4n) is 1.02. The Kier molecular flexibility index (Phi) is 2.86. The number of rotatable bonds is 2. The predicted octanol–water partition coefficient (Wildman–Crippen LogP) is -0.403. The highest BCUT2D eigenvalue weighted by Gasteiger charge is 2.35. The van der Waals surface area contributed by atoms with Gasteiger partial charge in [-0.1, -0.05) is 0 Å². The van der Waals surface area contributed by atoms with Gasteiger partial charge >= 0.3 is 0 Å². The predicted molar refractivity (Wildman–Crippen MR) is 51.3 cm³/mol. The lowest BCUT2D eigenvalue weighted by molar-refractivity contribution is -0.130. The Hall–Kier alpha value is -1.11.